The second kappa shape index (κ2) is 10.4. The van der Waals surface area contributed by atoms with E-state index in [0.717, 1.165) is 5.69 Å². The molecule has 0 spiro atoms. The molecule has 0 radical (unpaired) electrons. The summed E-state index contributed by atoms with van der Waals surface area (Å²) in [6.45, 7) is 3.69. The van der Waals surface area contributed by atoms with Crippen LogP contribution in [-0.2, 0) is 30.8 Å². The molecule has 0 aliphatic carbocycles. The third-order valence-corrected chi connectivity index (χ3v) is 8.23. The van der Waals surface area contributed by atoms with Crippen molar-refractivity contribution in [3.8, 4) is 0 Å². The summed E-state index contributed by atoms with van der Waals surface area (Å²) in [7, 11) is -3.74. The average Bonchev–Trinajstić information content (AvgIpc) is 3.23. The van der Waals surface area contributed by atoms with Crippen LogP contribution in [0.5, 0.6) is 0 Å². The molecule has 2 aromatic carbocycles. The topological polar surface area (TPSA) is 123 Å². The maximum atomic E-state index is 13.2. The highest BCUT2D eigenvalue weighted by atomic mass is 32.2. The zero-order valence-corrected chi connectivity index (χ0v) is 20.5. The number of morpholine rings is 2. The first-order valence-corrected chi connectivity index (χ1v) is 13.3. The van der Waals surface area contributed by atoms with Gasteiger partial charge in [-0.25, -0.2) is 13.2 Å². The Labute approximate surface area is 208 Å². The largest absolute Gasteiger partial charge is 0.419 e. The number of oxazole rings is 1. The molecule has 2 fully saturated rings. The van der Waals surface area contributed by atoms with Gasteiger partial charge in [-0.2, -0.15) is 4.31 Å². The van der Waals surface area contributed by atoms with Crippen LogP contribution in [0.25, 0.3) is 11.1 Å². The predicted octanol–water partition coefficient (Wildman–Crippen LogP) is 1.48. The number of hydrogen-bond donors (Lipinski definition) is 1. The van der Waals surface area contributed by atoms with Crippen LogP contribution >= 0.6 is 0 Å². The highest BCUT2D eigenvalue weighted by molar-refractivity contribution is 7.89. The van der Waals surface area contributed by atoms with Gasteiger partial charge in [-0.3, -0.25) is 9.36 Å². The lowest BCUT2D eigenvalue weighted by Crippen LogP contribution is -2.40. The zero-order chi connectivity index (χ0) is 25.1. The second-order valence-electron chi connectivity index (χ2n) is 8.58. The summed E-state index contributed by atoms with van der Waals surface area (Å²) in [5.74, 6) is -0.876. The molecule has 3 aromatic rings. The highest BCUT2D eigenvalue weighted by Crippen LogP contribution is 2.31. The van der Waals surface area contributed by atoms with E-state index in [9.17, 15) is 18.0 Å². The van der Waals surface area contributed by atoms with Crippen molar-refractivity contribution in [1.82, 2.24) is 8.87 Å². The van der Waals surface area contributed by atoms with E-state index < -0.39 is 15.8 Å². The molecule has 2 aliphatic rings. The quantitative estimate of drug-likeness (QED) is 0.501. The number of nitrogens with one attached hydrogen (secondary N) is 1. The van der Waals surface area contributed by atoms with E-state index in [0.29, 0.717) is 56.3 Å². The van der Waals surface area contributed by atoms with Gasteiger partial charge in [0.2, 0.25) is 15.9 Å². The fourth-order valence-electron chi connectivity index (χ4n) is 4.44. The van der Waals surface area contributed by atoms with Crippen molar-refractivity contribution in [2.24, 2.45) is 0 Å². The molecule has 0 bridgehead atoms. The standard InChI is InChI=1S/C24H28N4O7S/c29-23(7-8-28-21-3-1-2-4-22(21)35-24(28)30)25-19-17-18(36(31,32)27-11-15-34-16-12-27)5-6-20(19)26-9-13-33-14-10-26/h1-6,17H,7-16H2,(H,25,29). The lowest BCUT2D eigenvalue weighted by Gasteiger charge is -2.31. The summed E-state index contributed by atoms with van der Waals surface area (Å²) in [5.41, 5.74) is 2.19. The number of fused-ring (bicyclic) bond motifs is 1. The summed E-state index contributed by atoms with van der Waals surface area (Å²) in [6, 6.07) is 11.8. The number of ether oxygens (including phenoxy) is 2. The Morgan fingerprint density at radius 1 is 0.944 bits per heavy atom. The Kier molecular flexibility index (Phi) is 7.10. The lowest BCUT2D eigenvalue weighted by molar-refractivity contribution is -0.116. The van der Waals surface area contributed by atoms with Gasteiger partial charge in [0.05, 0.1) is 48.2 Å². The van der Waals surface area contributed by atoms with Gasteiger partial charge in [-0.15, -0.1) is 0 Å². The fraction of sp³-hybridized carbons (Fsp3) is 0.417. The number of hydrogen-bond acceptors (Lipinski definition) is 8. The Balaban J connectivity index is 1.39. The van der Waals surface area contributed by atoms with Crippen LogP contribution in [0.4, 0.5) is 11.4 Å². The second-order valence-corrected chi connectivity index (χ2v) is 10.5. The molecule has 11 nitrogen and oxygen atoms in total. The van der Waals surface area contributed by atoms with Crippen LogP contribution in [0.1, 0.15) is 6.42 Å². The van der Waals surface area contributed by atoms with E-state index in [2.05, 4.69) is 10.2 Å². The van der Waals surface area contributed by atoms with E-state index in [1.165, 1.54) is 14.9 Å². The first kappa shape index (κ1) is 24.5. The first-order chi connectivity index (χ1) is 17.4. The SMILES string of the molecule is O=C(CCn1c(=O)oc2ccccc21)Nc1cc(S(=O)(=O)N2CCOCC2)ccc1N1CCOCC1. The summed E-state index contributed by atoms with van der Waals surface area (Å²) in [4.78, 5) is 27.4. The first-order valence-electron chi connectivity index (χ1n) is 11.9. The maximum absolute atomic E-state index is 13.2. The minimum absolute atomic E-state index is 0.00638. The number of para-hydroxylation sites is 2. The molecule has 192 valence electrons. The third kappa shape index (κ3) is 5.03. The van der Waals surface area contributed by atoms with E-state index in [4.69, 9.17) is 13.9 Å². The van der Waals surface area contributed by atoms with Crippen molar-refractivity contribution >= 4 is 38.4 Å². The monoisotopic (exact) mass is 516 g/mol. The molecule has 36 heavy (non-hydrogen) atoms. The van der Waals surface area contributed by atoms with E-state index in [1.807, 2.05) is 0 Å². The maximum Gasteiger partial charge on any atom is 0.419 e. The van der Waals surface area contributed by atoms with Crippen molar-refractivity contribution in [2.75, 3.05) is 62.8 Å². The van der Waals surface area contributed by atoms with E-state index in [1.54, 1.807) is 36.4 Å². The summed E-state index contributed by atoms with van der Waals surface area (Å²) < 4.78 is 45.2. The Hall–Kier alpha value is -3.19. The number of aryl methyl sites for hydroxylation is 1. The Bertz CT molecular complexity index is 1400. The molecule has 5 rings (SSSR count). The van der Waals surface area contributed by atoms with Crippen molar-refractivity contribution in [1.29, 1.82) is 0 Å². The molecule has 1 amide bonds. The van der Waals surface area contributed by atoms with Gasteiger partial charge in [-0.05, 0) is 30.3 Å². The molecule has 0 saturated carbocycles. The minimum atomic E-state index is -3.74. The number of benzene rings is 2. The highest BCUT2D eigenvalue weighted by Gasteiger charge is 2.28. The van der Waals surface area contributed by atoms with Crippen molar-refractivity contribution < 1.29 is 27.1 Å². The Morgan fingerprint density at radius 2 is 1.64 bits per heavy atom. The molecule has 3 heterocycles. The van der Waals surface area contributed by atoms with Gasteiger partial charge in [-0.1, -0.05) is 12.1 Å². The van der Waals surface area contributed by atoms with E-state index in [-0.39, 0.29) is 36.9 Å². The molecule has 1 N–H and O–H groups in total. The average molecular weight is 517 g/mol. The predicted molar refractivity (Wildman–Crippen MR) is 133 cm³/mol. The smallest absolute Gasteiger partial charge is 0.408 e. The molecular weight excluding hydrogens is 488 g/mol. The number of aromatic nitrogens is 1. The lowest BCUT2D eigenvalue weighted by atomic mass is 10.2. The van der Waals surface area contributed by atoms with Gasteiger partial charge in [0, 0.05) is 39.1 Å². The van der Waals surface area contributed by atoms with E-state index >= 15 is 0 Å². The zero-order valence-electron chi connectivity index (χ0n) is 19.7. The molecule has 2 saturated heterocycles. The summed E-state index contributed by atoms with van der Waals surface area (Å²) >= 11 is 0. The summed E-state index contributed by atoms with van der Waals surface area (Å²) in [5, 5.41) is 2.88. The number of amides is 1. The van der Waals surface area contributed by atoms with Crippen LogP contribution < -0.4 is 16.0 Å². The van der Waals surface area contributed by atoms with Gasteiger partial charge in [0.1, 0.15) is 0 Å². The molecule has 1 aromatic heterocycles. The van der Waals surface area contributed by atoms with Crippen molar-refractivity contribution in [2.45, 2.75) is 17.9 Å². The van der Waals surface area contributed by atoms with Gasteiger partial charge < -0.3 is 24.1 Å². The molecule has 0 atom stereocenters. The van der Waals surface area contributed by atoms with Crippen LogP contribution in [0.15, 0.2) is 56.6 Å². The number of nitrogens with zero attached hydrogens (tertiary/aromatic N) is 3. The fourth-order valence-corrected chi connectivity index (χ4v) is 5.88. The van der Waals surface area contributed by atoms with Crippen LogP contribution in [0, 0.1) is 0 Å². The summed E-state index contributed by atoms with van der Waals surface area (Å²) in [6.07, 6.45) is 0.00638. The molecule has 0 unspecified atom stereocenters. The Morgan fingerprint density at radius 3 is 2.39 bits per heavy atom. The van der Waals surface area contributed by atoms with Crippen LogP contribution in [-0.4, -0.2) is 75.8 Å². The van der Waals surface area contributed by atoms with Crippen molar-refractivity contribution in [3.05, 3.63) is 53.0 Å². The number of carbonyl (C=O) groups is 1. The molecule has 2 aliphatic heterocycles. The van der Waals surface area contributed by atoms with Crippen LogP contribution in [0.2, 0.25) is 0 Å². The van der Waals surface area contributed by atoms with Gasteiger partial charge in [0.15, 0.2) is 5.58 Å². The van der Waals surface area contributed by atoms with Gasteiger partial charge >= 0.3 is 5.76 Å². The molecule has 12 heteroatoms. The number of rotatable bonds is 7. The minimum Gasteiger partial charge on any atom is -0.408 e. The normalized spacial score (nSPS) is 17.4. The third-order valence-electron chi connectivity index (χ3n) is 6.34. The number of anilines is 2. The van der Waals surface area contributed by atoms with Gasteiger partial charge in [0.25, 0.3) is 0 Å². The number of sulfonamides is 1. The number of carbonyl (C=O) groups excluding carboxylic acids is 1. The van der Waals surface area contributed by atoms with Crippen molar-refractivity contribution in [3.63, 3.8) is 0 Å². The molecular formula is C24H28N4O7S. The van der Waals surface area contributed by atoms with Crippen LogP contribution in [0.3, 0.4) is 0 Å².